The van der Waals surface area contributed by atoms with Crippen LogP contribution >= 0.6 is 0 Å². The largest absolute Gasteiger partial charge is 0.481 e. The van der Waals surface area contributed by atoms with Crippen LogP contribution in [0.2, 0.25) is 0 Å². The van der Waals surface area contributed by atoms with E-state index in [1.54, 1.807) is 11.0 Å². The van der Waals surface area contributed by atoms with E-state index in [1.807, 2.05) is 0 Å². The molecule has 2 N–H and O–H groups in total. The molecule has 3 unspecified atom stereocenters. The monoisotopic (exact) mass is 265 g/mol. The minimum atomic E-state index is -0.805. The standard InChI is InChI=1S/C12H15N3O4/c16-11(17)9-5-7-1-2-10(9)15(7)12(18)13-6-8-3-4-14-19-8/h3-4,7,9-10H,1-2,5-6H2,(H,13,18)(H,16,17). The molecule has 3 atom stereocenters. The van der Waals surface area contributed by atoms with Gasteiger partial charge in [-0.15, -0.1) is 0 Å². The summed E-state index contributed by atoms with van der Waals surface area (Å²) in [4.78, 5) is 24.9. The molecule has 2 saturated heterocycles. The number of fused-ring (bicyclic) bond motifs is 2. The molecular weight excluding hydrogens is 250 g/mol. The Morgan fingerprint density at radius 1 is 1.53 bits per heavy atom. The number of carboxylic acid groups (broad SMARTS) is 1. The first-order valence-corrected chi connectivity index (χ1v) is 6.35. The smallest absolute Gasteiger partial charge is 0.318 e. The normalized spacial score (nSPS) is 28.6. The highest BCUT2D eigenvalue weighted by Gasteiger charge is 2.51. The number of carboxylic acids is 1. The quantitative estimate of drug-likeness (QED) is 0.843. The molecule has 0 aromatic carbocycles. The second-order valence-electron chi connectivity index (χ2n) is 5.02. The van der Waals surface area contributed by atoms with Gasteiger partial charge < -0.3 is 19.8 Å². The van der Waals surface area contributed by atoms with Gasteiger partial charge in [-0.05, 0) is 19.3 Å². The SMILES string of the molecule is O=C(O)C1CC2CCC1N2C(=O)NCc1ccno1. The molecule has 1 aromatic rings. The Bertz CT molecular complexity index is 487. The first-order valence-electron chi connectivity index (χ1n) is 6.35. The molecule has 2 fully saturated rings. The number of aliphatic carboxylic acids is 1. The summed E-state index contributed by atoms with van der Waals surface area (Å²) in [5.41, 5.74) is 0. The minimum Gasteiger partial charge on any atom is -0.481 e. The zero-order chi connectivity index (χ0) is 13.4. The van der Waals surface area contributed by atoms with Crippen molar-refractivity contribution in [3.05, 3.63) is 18.0 Å². The zero-order valence-corrected chi connectivity index (χ0v) is 10.3. The Morgan fingerprint density at radius 2 is 2.37 bits per heavy atom. The number of amides is 2. The van der Waals surface area contributed by atoms with E-state index >= 15 is 0 Å². The summed E-state index contributed by atoms with van der Waals surface area (Å²) in [7, 11) is 0. The number of nitrogens with zero attached hydrogens (tertiary/aromatic N) is 2. The summed E-state index contributed by atoms with van der Waals surface area (Å²) >= 11 is 0. The molecule has 1 aromatic heterocycles. The minimum absolute atomic E-state index is 0.0563. The Kier molecular flexibility index (Phi) is 2.88. The third kappa shape index (κ3) is 2.05. The van der Waals surface area contributed by atoms with Gasteiger partial charge in [0.15, 0.2) is 5.76 Å². The Hall–Kier alpha value is -2.05. The number of aromatic nitrogens is 1. The van der Waals surface area contributed by atoms with Crippen molar-refractivity contribution < 1.29 is 19.2 Å². The molecule has 2 amide bonds. The molecule has 19 heavy (non-hydrogen) atoms. The second-order valence-corrected chi connectivity index (χ2v) is 5.02. The maximum Gasteiger partial charge on any atom is 0.318 e. The maximum atomic E-state index is 12.1. The highest BCUT2D eigenvalue weighted by molar-refractivity contribution is 5.79. The van der Waals surface area contributed by atoms with E-state index in [0.29, 0.717) is 12.2 Å². The van der Waals surface area contributed by atoms with Crippen molar-refractivity contribution in [2.45, 2.75) is 37.9 Å². The predicted octanol–water partition coefficient (Wildman–Crippen LogP) is 0.822. The number of hydrogen-bond acceptors (Lipinski definition) is 4. The number of rotatable bonds is 3. The van der Waals surface area contributed by atoms with Gasteiger partial charge in [0.25, 0.3) is 0 Å². The van der Waals surface area contributed by atoms with Gasteiger partial charge in [-0.2, -0.15) is 0 Å². The number of nitrogens with one attached hydrogen (secondary N) is 1. The van der Waals surface area contributed by atoms with E-state index < -0.39 is 11.9 Å². The Labute approximate surface area is 109 Å². The van der Waals surface area contributed by atoms with Gasteiger partial charge in [0, 0.05) is 18.2 Å². The number of carbonyl (C=O) groups excluding carboxylic acids is 1. The fraction of sp³-hybridized carbons (Fsp3) is 0.583. The van der Waals surface area contributed by atoms with Crippen molar-refractivity contribution >= 4 is 12.0 Å². The molecular formula is C12H15N3O4. The lowest BCUT2D eigenvalue weighted by Crippen LogP contribution is -2.43. The molecule has 2 aliphatic rings. The Morgan fingerprint density at radius 3 is 3.00 bits per heavy atom. The maximum absolute atomic E-state index is 12.1. The third-order valence-corrected chi connectivity index (χ3v) is 3.99. The van der Waals surface area contributed by atoms with Crippen LogP contribution in [0.15, 0.2) is 16.8 Å². The molecule has 2 aliphatic heterocycles. The zero-order valence-electron chi connectivity index (χ0n) is 10.3. The van der Waals surface area contributed by atoms with Gasteiger partial charge in [-0.25, -0.2) is 4.79 Å². The third-order valence-electron chi connectivity index (χ3n) is 3.99. The van der Waals surface area contributed by atoms with Gasteiger partial charge in [0.05, 0.1) is 18.7 Å². The molecule has 3 heterocycles. The van der Waals surface area contributed by atoms with Crippen LogP contribution in [0.4, 0.5) is 4.79 Å². The number of urea groups is 1. The van der Waals surface area contributed by atoms with Crippen molar-refractivity contribution in [3.63, 3.8) is 0 Å². The van der Waals surface area contributed by atoms with Crippen molar-refractivity contribution in [1.29, 1.82) is 0 Å². The van der Waals surface area contributed by atoms with Crippen LogP contribution in [0, 0.1) is 5.92 Å². The summed E-state index contributed by atoms with van der Waals surface area (Å²) in [5, 5.41) is 15.4. The van der Waals surface area contributed by atoms with Gasteiger partial charge >= 0.3 is 12.0 Å². The molecule has 0 aliphatic carbocycles. The van der Waals surface area contributed by atoms with Gasteiger partial charge in [-0.1, -0.05) is 5.16 Å². The first kappa shape index (κ1) is 12.0. The molecule has 0 saturated carbocycles. The van der Waals surface area contributed by atoms with Gasteiger partial charge in [0.2, 0.25) is 0 Å². The van der Waals surface area contributed by atoms with E-state index in [0.717, 1.165) is 12.8 Å². The van der Waals surface area contributed by atoms with E-state index in [1.165, 1.54) is 6.20 Å². The van der Waals surface area contributed by atoms with E-state index in [-0.39, 0.29) is 24.7 Å². The number of hydrogen-bond donors (Lipinski definition) is 2. The summed E-state index contributed by atoms with van der Waals surface area (Å²) in [5.74, 6) is -0.648. The van der Waals surface area contributed by atoms with Crippen LogP contribution in [0.25, 0.3) is 0 Å². The number of carbonyl (C=O) groups is 2. The van der Waals surface area contributed by atoms with Crippen LogP contribution in [-0.2, 0) is 11.3 Å². The molecule has 3 rings (SSSR count). The fourth-order valence-corrected chi connectivity index (χ4v) is 3.16. The van der Waals surface area contributed by atoms with Gasteiger partial charge in [0.1, 0.15) is 0 Å². The Balaban J connectivity index is 1.63. The summed E-state index contributed by atoms with van der Waals surface area (Å²) in [6, 6.07) is 1.35. The molecule has 2 bridgehead atoms. The topological polar surface area (TPSA) is 95.7 Å². The molecule has 0 spiro atoms. The predicted molar refractivity (Wildman–Crippen MR) is 63.1 cm³/mol. The summed E-state index contributed by atoms with van der Waals surface area (Å²) < 4.78 is 4.90. The van der Waals surface area contributed by atoms with Crippen LogP contribution in [0.5, 0.6) is 0 Å². The second kappa shape index (κ2) is 4.56. The highest BCUT2D eigenvalue weighted by atomic mass is 16.5. The van der Waals surface area contributed by atoms with E-state index in [2.05, 4.69) is 10.5 Å². The fourth-order valence-electron chi connectivity index (χ4n) is 3.16. The van der Waals surface area contributed by atoms with Crippen molar-refractivity contribution in [1.82, 2.24) is 15.4 Å². The van der Waals surface area contributed by atoms with Crippen molar-refractivity contribution in [3.8, 4) is 0 Å². The molecule has 102 valence electrons. The van der Waals surface area contributed by atoms with Crippen LogP contribution in [0.1, 0.15) is 25.0 Å². The summed E-state index contributed by atoms with van der Waals surface area (Å²) in [6.45, 7) is 0.270. The van der Waals surface area contributed by atoms with Crippen molar-refractivity contribution in [2.24, 2.45) is 5.92 Å². The van der Waals surface area contributed by atoms with Crippen molar-refractivity contribution in [2.75, 3.05) is 0 Å². The highest BCUT2D eigenvalue weighted by Crippen LogP contribution is 2.41. The van der Waals surface area contributed by atoms with Gasteiger partial charge in [-0.3, -0.25) is 4.79 Å². The lowest BCUT2D eigenvalue weighted by molar-refractivity contribution is -0.142. The lowest BCUT2D eigenvalue weighted by Gasteiger charge is -2.23. The molecule has 7 nitrogen and oxygen atoms in total. The van der Waals surface area contributed by atoms with Crippen LogP contribution < -0.4 is 5.32 Å². The lowest BCUT2D eigenvalue weighted by atomic mass is 9.89. The molecule has 7 heteroatoms. The first-order chi connectivity index (χ1) is 9.16. The molecule has 0 radical (unpaired) electrons. The van der Waals surface area contributed by atoms with Crippen LogP contribution in [-0.4, -0.2) is 39.2 Å². The van der Waals surface area contributed by atoms with E-state index in [4.69, 9.17) is 9.63 Å². The average Bonchev–Trinajstić information content (AvgIpc) is 3.11. The average molecular weight is 265 g/mol. The van der Waals surface area contributed by atoms with Crippen LogP contribution in [0.3, 0.4) is 0 Å². The van der Waals surface area contributed by atoms with E-state index in [9.17, 15) is 9.59 Å². The summed E-state index contributed by atoms with van der Waals surface area (Å²) in [6.07, 6.45) is 3.75.